The highest BCUT2D eigenvalue weighted by atomic mass is 16.6. The summed E-state index contributed by atoms with van der Waals surface area (Å²) in [6, 6.07) is 0. The van der Waals surface area contributed by atoms with E-state index in [1.165, 1.54) is 5.57 Å². The molecule has 3 nitrogen and oxygen atoms in total. The van der Waals surface area contributed by atoms with Gasteiger partial charge in [-0.3, -0.25) is 0 Å². The minimum atomic E-state index is -0.393. The third-order valence-electron chi connectivity index (χ3n) is 2.16. The molecular formula is C11H19NO2. The van der Waals surface area contributed by atoms with E-state index < -0.39 is 5.60 Å². The molecule has 14 heavy (non-hydrogen) atoms. The van der Waals surface area contributed by atoms with Crippen molar-refractivity contribution in [3.63, 3.8) is 0 Å². The molecule has 1 amide bonds. The Morgan fingerprint density at radius 2 is 2.14 bits per heavy atom. The van der Waals surface area contributed by atoms with Gasteiger partial charge < -0.3 is 9.64 Å². The van der Waals surface area contributed by atoms with Gasteiger partial charge in [-0.15, -0.1) is 0 Å². The molecule has 1 rings (SSSR count). The molecule has 0 aromatic heterocycles. The first-order valence-corrected chi connectivity index (χ1v) is 5.04. The average Bonchev–Trinajstić information content (AvgIpc) is 2.48. The van der Waals surface area contributed by atoms with E-state index in [4.69, 9.17) is 4.74 Å². The van der Waals surface area contributed by atoms with Crippen LogP contribution in [0.4, 0.5) is 4.79 Å². The summed E-state index contributed by atoms with van der Waals surface area (Å²) in [5, 5.41) is 0. The number of nitrogens with zero attached hydrogens (tertiary/aromatic N) is 1. The van der Waals surface area contributed by atoms with E-state index >= 15 is 0 Å². The van der Waals surface area contributed by atoms with Crippen LogP contribution in [0.3, 0.4) is 0 Å². The van der Waals surface area contributed by atoms with Crippen LogP contribution in [-0.4, -0.2) is 29.7 Å². The molecule has 1 heterocycles. The Morgan fingerprint density at radius 1 is 1.50 bits per heavy atom. The molecule has 0 spiro atoms. The molecular weight excluding hydrogens is 178 g/mol. The molecule has 0 aliphatic carbocycles. The van der Waals surface area contributed by atoms with Gasteiger partial charge >= 0.3 is 6.09 Å². The van der Waals surface area contributed by atoms with Crippen molar-refractivity contribution in [2.75, 3.05) is 13.1 Å². The summed E-state index contributed by atoms with van der Waals surface area (Å²) in [5.41, 5.74) is 0.923. The van der Waals surface area contributed by atoms with Crippen molar-refractivity contribution in [3.8, 4) is 0 Å². The lowest BCUT2D eigenvalue weighted by molar-refractivity contribution is 0.0299. The van der Waals surface area contributed by atoms with Gasteiger partial charge in [0.05, 0.1) is 0 Å². The Labute approximate surface area is 85.7 Å². The van der Waals surface area contributed by atoms with E-state index in [0.29, 0.717) is 0 Å². The zero-order valence-corrected chi connectivity index (χ0v) is 9.46. The van der Waals surface area contributed by atoms with Crippen LogP contribution < -0.4 is 0 Å². The summed E-state index contributed by atoms with van der Waals surface area (Å²) in [5.74, 6) is 0. The number of likely N-dealkylation sites (tertiary alicyclic amines) is 1. The fourth-order valence-corrected chi connectivity index (χ4v) is 1.40. The van der Waals surface area contributed by atoms with Crippen LogP contribution in [0.15, 0.2) is 11.6 Å². The van der Waals surface area contributed by atoms with Gasteiger partial charge in [0.2, 0.25) is 0 Å². The Bertz CT molecular complexity index is 251. The highest BCUT2D eigenvalue weighted by Crippen LogP contribution is 2.18. The van der Waals surface area contributed by atoms with Crippen LogP contribution in [0.5, 0.6) is 0 Å². The zero-order valence-electron chi connectivity index (χ0n) is 9.46. The van der Waals surface area contributed by atoms with Crippen LogP contribution in [0, 0.1) is 0 Å². The van der Waals surface area contributed by atoms with Crippen molar-refractivity contribution < 1.29 is 9.53 Å². The lowest BCUT2D eigenvalue weighted by atomic mass is 10.2. The summed E-state index contributed by atoms with van der Waals surface area (Å²) < 4.78 is 5.27. The predicted molar refractivity (Wildman–Crippen MR) is 56.2 cm³/mol. The highest BCUT2D eigenvalue weighted by molar-refractivity contribution is 5.69. The minimum absolute atomic E-state index is 0.200. The normalized spacial score (nSPS) is 20.3. The van der Waals surface area contributed by atoms with Gasteiger partial charge in [-0.25, -0.2) is 4.79 Å². The lowest BCUT2D eigenvalue weighted by Crippen LogP contribution is -2.34. The Kier molecular flexibility index (Phi) is 3.19. The number of amides is 1. The monoisotopic (exact) mass is 197 g/mol. The van der Waals surface area contributed by atoms with Gasteiger partial charge in [-0.05, 0) is 34.1 Å². The number of carbonyl (C=O) groups is 1. The molecule has 1 aliphatic rings. The number of rotatable bonds is 0. The maximum atomic E-state index is 11.6. The van der Waals surface area contributed by atoms with E-state index in [-0.39, 0.29) is 6.09 Å². The van der Waals surface area contributed by atoms with Crippen molar-refractivity contribution in [2.24, 2.45) is 0 Å². The predicted octanol–water partition coefficient (Wildman–Crippen LogP) is 2.57. The molecule has 3 heteroatoms. The first-order chi connectivity index (χ1) is 6.42. The SMILES string of the molecule is C/C=C1/CCN(C(=O)OC(C)(C)C)C1. The maximum Gasteiger partial charge on any atom is 0.410 e. The lowest BCUT2D eigenvalue weighted by Gasteiger charge is -2.23. The summed E-state index contributed by atoms with van der Waals surface area (Å²) in [7, 11) is 0. The molecule has 0 radical (unpaired) electrons. The summed E-state index contributed by atoms with van der Waals surface area (Å²) >= 11 is 0. The molecule has 80 valence electrons. The summed E-state index contributed by atoms with van der Waals surface area (Å²) in [6.45, 7) is 9.18. The van der Waals surface area contributed by atoms with Crippen LogP contribution >= 0.6 is 0 Å². The molecule has 0 unspecified atom stereocenters. The molecule has 1 saturated heterocycles. The fourth-order valence-electron chi connectivity index (χ4n) is 1.40. The minimum Gasteiger partial charge on any atom is -0.444 e. The third kappa shape index (κ3) is 3.05. The zero-order chi connectivity index (χ0) is 10.8. The molecule has 0 aromatic carbocycles. The summed E-state index contributed by atoms with van der Waals surface area (Å²) in [6.07, 6.45) is 2.86. The first kappa shape index (κ1) is 11.1. The Balaban J connectivity index is 2.48. The van der Waals surface area contributed by atoms with Crippen molar-refractivity contribution in [1.29, 1.82) is 0 Å². The number of carbonyl (C=O) groups excluding carboxylic acids is 1. The van der Waals surface area contributed by atoms with Crippen molar-refractivity contribution in [3.05, 3.63) is 11.6 Å². The number of hydrogen-bond donors (Lipinski definition) is 0. The van der Waals surface area contributed by atoms with Crippen LogP contribution in [0.2, 0.25) is 0 Å². The largest absolute Gasteiger partial charge is 0.444 e. The second-order valence-electron chi connectivity index (χ2n) is 4.60. The molecule has 0 saturated carbocycles. The van der Waals surface area contributed by atoms with E-state index in [1.54, 1.807) is 4.90 Å². The van der Waals surface area contributed by atoms with E-state index in [2.05, 4.69) is 6.08 Å². The van der Waals surface area contributed by atoms with Crippen LogP contribution in [-0.2, 0) is 4.74 Å². The summed E-state index contributed by atoms with van der Waals surface area (Å²) in [4.78, 5) is 13.3. The average molecular weight is 197 g/mol. The number of hydrogen-bond acceptors (Lipinski definition) is 2. The standard InChI is InChI=1S/C11H19NO2/c1-5-9-6-7-12(8-9)10(13)14-11(2,3)4/h5H,6-8H2,1-4H3/b9-5-. The van der Waals surface area contributed by atoms with Crippen molar-refractivity contribution in [2.45, 2.75) is 39.7 Å². The number of allylic oxidation sites excluding steroid dienone is 1. The Morgan fingerprint density at radius 3 is 2.57 bits per heavy atom. The van der Waals surface area contributed by atoms with Gasteiger partial charge in [0, 0.05) is 13.1 Å². The van der Waals surface area contributed by atoms with Gasteiger partial charge in [0.25, 0.3) is 0 Å². The van der Waals surface area contributed by atoms with Gasteiger partial charge in [-0.1, -0.05) is 11.6 Å². The second kappa shape index (κ2) is 4.03. The maximum absolute atomic E-state index is 11.6. The van der Waals surface area contributed by atoms with Crippen LogP contribution in [0.25, 0.3) is 0 Å². The van der Waals surface area contributed by atoms with Gasteiger partial charge in [0.1, 0.15) is 5.60 Å². The first-order valence-electron chi connectivity index (χ1n) is 5.04. The highest BCUT2D eigenvalue weighted by Gasteiger charge is 2.25. The quantitative estimate of drug-likeness (QED) is 0.558. The van der Waals surface area contributed by atoms with Crippen LogP contribution in [0.1, 0.15) is 34.1 Å². The molecule has 0 aromatic rings. The topological polar surface area (TPSA) is 29.5 Å². The second-order valence-corrected chi connectivity index (χ2v) is 4.60. The molecule has 1 aliphatic heterocycles. The smallest absolute Gasteiger partial charge is 0.410 e. The van der Waals surface area contributed by atoms with E-state index in [9.17, 15) is 4.79 Å². The van der Waals surface area contributed by atoms with E-state index in [0.717, 1.165) is 19.5 Å². The molecule has 0 N–H and O–H groups in total. The fraction of sp³-hybridized carbons (Fsp3) is 0.727. The molecule has 0 bridgehead atoms. The Hall–Kier alpha value is -0.990. The third-order valence-corrected chi connectivity index (χ3v) is 2.16. The van der Waals surface area contributed by atoms with Crippen molar-refractivity contribution in [1.82, 2.24) is 4.90 Å². The van der Waals surface area contributed by atoms with Crippen molar-refractivity contribution >= 4 is 6.09 Å². The van der Waals surface area contributed by atoms with Gasteiger partial charge in [-0.2, -0.15) is 0 Å². The number of ether oxygens (including phenoxy) is 1. The molecule has 0 atom stereocenters. The van der Waals surface area contributed by atoms with E-state index in [1.807, 2.05) is 27.7 Å². The van der Waals surface area contributed by atoms with Gasteiger partial charge in [0.15, 0.2) is 0 Å². The molecule has 1 fully saturated rings.